The van der Waals surface area contributed by atoms with E-state index in [1.807, 2.05) is 42.5 Å². The predicted octanol–water partition coefficient (Wildman–Crippen LogP) is 3.53. The van der Waals surface area contributed by atoms with Crippen molar-refractivity contribution in [1.29, 1.82) is 0 Å². The van der Waals surface area contributed by atoms with Crippen LogP contribution in [0.4, 0.5) is 5.69 Å². The minimum absolute atomic E-state index is 0.00467. The van der Waals surface area contributed by atoms with Crippen molar-refractivity contribution >= 4 is 17.5 Å². The van der Waals surface area contributed by atoms with Crippen LogP contribution in [0.25, 0.3) is 0 Å². The van der Waals surface area contributed by atoms with Gasteiger partial charge in [0.05, 0.1) is 5.92 Å². The van der Waals surface area contributed by atoms with Crippen LogP contribution >= 0.6 is 0 Å². The van der Waals surface area contributed by atoms with Crippen LogP contribution < -0.4 is 14.8 Å². The first-order chi connectivity index (χ1) is 13.5. The summed E-state index contributed by atoms with van der Waals surface area (Å²) < 4.78 is 10.7. The average molecular weight is 380 g/mol. The Morgan fingerprint density at radius 1 is 1.18 bits per heavy atom. The molecule has 2 aromatic carbocycles. The molecule has 1 N–H and O–H groups in total. The third-order valence-electron chi connectivity index (χ3n) is 5.24. The van der Waals surface area contributed by atoms with E-state index in [9.17, 15) is 9.59 Å². The number of rotatable bonds is 5. The second-order valence-corrected chi connectivity index (χ2v) is 7.59. The zero-order valence-electron chi connectivity index (χ0n) is 16.1. The highest BCUT2D eigenvalue weighted by Crippen LogP contribution is 2.33. The molecule has 0 aromatic heterocycles. The third-order valence-corrected chi connectivity index (χ3v) is 5.24. The Bertz CT molecular complexity index is 909. The summed E-state index contributed by atoms with van der Waals surface area (Å²) in [5.74, 6) is 1.27. The normalized spacial score (nSPS) is 18.0. The molecule has 0 spiro atoms. The lowest BCUT2D eigenvalue weighted by Gasteiger charge is -2.18. The molecular weight excluding hydrogens is 356 g/mol. The van der Waals surface area contributed by atoms with Gasteiger partial charge >= 0.3 is 0 Å². The van der Waals surface area contributed by atoms with E-state index in [1.165, 1.54) is 0 Å². The van der Waals surface area contributed by atoms with Crippen LogP contribution in [0, 0.1) is 5.92 Å². The van der Waals surface area contributed by atoms with Gasteiger partial charge in [-0.3, -0.25) is 9.59 Å². The van der Waals surface area contributed by atoms with Crippen molar-refractivity contribution in [3.63, 3.8) is 0 Å². The lowest BCUT2D eigenvalue weighted by Crippen LogP contribution is -2.28. The van der Waals surface area contributed by atoms with E-state index >= 15 is 0 Å². The smallest absolute Gasteiger partial charge is 0.231 e. The maximum atomic E-state index is 12.8. The lowest BCUT2D eigenvalue weighted by molar-refractivity contribution is -0.128. The number of hydrogen-bond acceptors (Lipinski definition) is 4. The van der Waals surface area contributed by atoms with Gasteiger partial charge in [0.15, 0.2) is 11.5 Å². The van der Waals surface area contributed by atoms with E-state index in [0.717, 1.165) is 22.6 Å². The maximum Gasteiger partial charge on any atom is 0.231 e. The Hall–Kier alpha value is -3.02. The van der Waals surface area contributed by atoms with Gasteiger partial charge in [-0.05, 0) is 35.2 Å². The number of amides is 2. The van der Waals surface area contributed by atoms with Gasteiger partial charge in [-0.2, -0.15) is 0 Å². The highest BCUT2D eigenvalue weighted by molar-refractivity contribution is 5.97. The molecule has 2 aliphatic heterocycles. The summed E-state index contributed by atoms with van der Waals surface area (Å²) in [6, 6.07) is 13.5. The van der Waals surface area contributed by atoms with Crippen molar-refractivity contribution in [2.24, 2.45) is 5.92 Å². The van der Waals surface area contributed by atoms with Gasteiger partial charge in [-0.15, -0.1) is 0 Å². The van der Waals surface area contributed by atoms with Crippen LogP contribution in [0.1, 0.15) is 37.3 Å². The first-order valence-corrected chi connectivity index (χ1v) is 9.57. The Labute approximate surface area is 164 Å². The Kier molecular flexibility index (Phi) is 4.94. The second kappa shape index (κ2) is 7.54. The van der Waals surface area contributed by atoms with Gasteiger partial charge in [0, 0.05) is 25.2 Å². The molecule has 6 nitrogen and oxygen atoms in total. The lowest BCUT2D eigenvalue weighted by atomic mass is 10.0. The van der Waals surface area contributed by atoms with E-state index in [-0.39, 0.29) is 30.9 Å². The number of fused-ring (bicyclic) bond motifs is 1. The van der Waals surface area contributed by atoms with Gasteiger partial charge in [0.1, 0.15) is 0 Å². The van der Waals surface area contributed by atoms with Crippen molar-refractivity contribution in [2.75, 3.05) is 18.7 Å². The number of nitrogens with zero attached hydrogens (tertiary/aromatic N) is 1. The Morgan fingerprint density at radius 2 is 1.96 bits per heavy atom. The van der Waals surface area contributed by atoms with Crippen molar-refractivity contribution in [1.82, 2.24) is 4.90 Å². The van der Waals surface area contributed by atoms with Gasteiger partial charge in [0.2, 0.25) is 18.6 Å². The number of likely N-dealkylation sites (tertiary alicyclic amines) is 1. The number of nitrogens with one attached hydrogen (secondary N) is 1. The van der Waals surface area contributed by atoms with Gasteiger partial charge in [-0.1, -0.05) is 38.1 Å². The highest BCUT2D eigenvalue weighted by atomic mass is 16.7. The molecule has 0 aliphatic carbocycles. The third kappa shape index (κ3) is 3.67. The summed E-state index contributed by atoms with van der Waals surface area (Å²) in [4.78, 5) is 26.9. The molecule has 0 radical (unpaired) electrons. The zero-order chi connectivity index (χ0) is 19.7. The molecule has 1 unspecified atom stereocenters. The number of para-hydroxylation sites is 1. The molecule has 146 valence electrons. The largest absolute Gasteiger partial charge is 0.454 e. The quantitative estimate of drug-likeness (QED) is 0.862. The summed E-state index contributed by atoms with van der Waals surface area (Å²) in [5, 5.41) is 3.02. The fraction of sp³-hybridized carbons (Fsp3) is 0.364. The minimum Gasteiger partial charge on any atom is -0.454 e. The molecule has 4 rings (SSSR count). The van der Waals surface area contributed by atoms with E-state index in [4.69, 9.17) is 9.47 Å². The topological polar surface area (TPSA) is 67.9 Å². The number of anilines is 1. The molecule has 2 aromatic rings. The monoisotopic (exact) mass is 380 g/mol. The number of carbonyl (C=O) groups excluding carboxylic acids is 2. The van der Waals surface area contributed by atoms with E-state index in [2.05, 4.69) is 19.2 Å². The first kappa shape index (κ1) is 18.3. The van der Waals surface area contributed by atoms with E-state index in [0.29, 0.717) is 24.8 Å². The molecule has 6 heteroatoms. The molecule has 28 heavy (non-hydrogen) atoms. The van der Waals surface area contributed by atoms with E-state index in [1.54, 1.807) is 4.90 Å². The van der Waals surface area contributed by atoms with Crippen LogP contribution in [0.5, 0.6) is 11.5 Å². The standard InChI is InChI=1S/C22H24N2O4/c1-14(2)17-5-3-4-6-18(17)23-22(26)16-10-21(25)24(12-16)11-15-7-8-19-20(9-15)28-13-27-19/h3-9,14,16H,10-13H2,1-2H3,(H,23,26). The van der Waals surface area contributed by atoms with Crippen LogP contribution in [0.3, 0.4) is 0 Å². The Balaban J connectivity index is 1.41. The fourth-order valence-corrected chi connectivity index (χ4v) is 3.71. The fourth-order valence-electron chi connectivity index (χ4n) is 3.71. The number of hydrogen-bond donors (Lipinski definition) is 1. The minimum atomic E-state index is -0.346. The highest BCUT2D eigenvalue weighted by Gasteiger charge is 2.34. The maximum absolute atomic E-state index is 12.8. The summed E-state index contributed by atoms with van der Waals surface area (Å²) >= 11 is 0. The molecule has 1 atom stereocenters. The van der Waals surface area contributed by atoms with Gasteiger partial charge in [-0.25, -0.2) is 0 Å². The molecule has 2 heterocycles. The molecule has 0 bridgehead atoms. The van der Waals surface area contributed by atoms with Crippen LogP contribution in [-0.2, 0) is 16.1 Å². The second-order valence-electron chi connectivity index (χ2n) is 7.59. The zero-order valence-corrected chi connectivity index (χ0v) is 16.1. The number of ether oxygens (including phenoxy) is 2. The van der Waals surface area contributed by atoms with Crippen LogP contribution in [0.2, 0.25) is 0 Å². The Morgan fingerprint density at radius 3 is 2.79 bits per heavy atom. The van der Waals surface area contributed by atoms with Gasteiger partial charge in [0.25, 0.3) is 0 Å². The van der Waals surface area contributed by atoms with Gasteiger partial charge < -0.3 is 19.7 Å². The van der Waals surface area contributed by atoms with Crippen molar-refractivity contribution in [2.45, 2.75) is 32.7 Å². The molecular formula is C22H24N2O4. The molecule has 1 saturated heterocycles. The molecule has 1 fully saturated rings. The SMILES string of the molecule is CC(C)c1ccccc1NC(=O)C1CC(=O)N(Cc2ccc3c(c2)OCO3)C1. The predicted molar refractivity (Wildman–Crippen MR) is 105 cm³/mol. The van der Waals surface area contributed by atoms with Crippen LogP contribution in [-0.4, -0.2) is 30.1 Å². The van der Waals surface area contributed by atoms with Crippen LogP contribution in [0.15, 0.2) is 42.5 Å². The summed E-state index contributed by atoms with van der Waals surface area (Å²) in [5.41, 5.74) is 2.88. The molecule has 0 saturated carbocycles. The molecule has 2 aliphatic rings. The van der Waals surface area contributed by atoms with Crippen molar-refractivity contribution in [3.05, 3.63) is 53.6 Å². The summed E-state index contributed by atoms with van der Waals surface area (Å²) in [6.07, 6.45) is 0.236. The van der Waals surface area contributed by atoms with Crippen molar-refractivity contribution in [3.8, 4) is 11.5 Å². The average Bonchev–Trinajstić information content (AvgIpc) is 3.28. The number of carbonyl (C=O) groups is 2. The first-order valence-electron chi connectivity index (χ1n) is 9.57. The summed E-state index contributed by atoms with van der Waals surface area (Å²) in [7, 11) is 0. The summed E-state index contributed by atoms with van der Waals surface area (Å²) in [6.45, 7) is 5.29. The van der Waals surface area contributed by atoms with Crippen molar-refractivity contribution < 1.29 is 19.1 Å². The van der Waals surface area contributed by atoms with E-state index < -0.39 is 0 Å². The number of benzene rings is 2. The molecule has 2 amide bonds.